The minimum absolute atomic E-state index is 0.0122. The molecule has 0 atom stereocenters. The van der Waals surface area contributed by atoms with Crippen LogP contribution in [0.15, 0.2) is 33.7 Å². The zero-order chi connectivity index (χ0) is 13.9. The first-order valence-electron chi connectivity index (χ1n) is 5.52. The average Bonchev–Trinajstić information content (AvgIpc) is 2.75. The first-order chi connectivity index (χ1) is 8.97. The second-order valence-electron chi connectivity index (χ2n) is 3.83. The third-order valence-electron chi connectivity index (χ3n) is 2.33. The van der Waals surface area contributed by atoms with E-state index in [1.807, 2.05) is 0 Å². The van der Waals surface area contributed by atoms with Crippen molar-refractivity contribution in [3.05, 3.63) is 41.8 Å². The smallest absolute Gasteiger partial charge is 0.240 e. The van der Waals surface area contributed by atoms with Gasteiger partial charge >= 0.3 is 0 Å². The number of aromatic nitrogens is 2. The van der Waals surface area contributed by atoms with Gasteiger partial charge in [-0.1, -0.05) is 5.16 Å². The van der Waals surface area contributed by atoms with E-state index < -0.39 is 15.8 Å². The van der Waals surface area contributed by atoms with Crippen molar-refractivity contribution in [1.82, 2.24) is 14.9 Å². The molecule has 1 aromatic carbocycles. The Morgan fingerprint density at radius 1 is 1.32 bits per heavy atom. The molecule has 0 amide bonds. The van der Waals surface area contributed by atoms with Crippen LogP contribution >= 0.6 is 0 Å². The molecule has 0 aliphatic carbocycles. The summed E-state index contributed by atoms with van der Waals surface area (Å²) in [6.45, 7) is 1.79. The van der Waals surface area contributed by atoms with Gasteiger partial charge in [0, 0.05) is 19.9 Å². The summed E-state index contributed by atoms with van der Waals surface area (Å²) in [6.07, 6.45) is 0.317. The molecule has 0 fully saturated rings. The Balaban J connectivity index is 1.96. The molecule has 2 rings (SSSR count). The minimum atomic E-state index is -3.64. The highest BCUT2D eigenvalue weighted by molar-refractivity contribution is 7.89. The van der Waals surface area contributed by atoms with Gasteiger partial charge in [0.25, 0.3) is 0 Å². The third-order valence-corrected chi connectivity index (χ3v) is 3.81. The van der Waals surface area contributed by atoms with Gasteiger partial charge in [-0.3, -0.25) is 0 Å². The molecule has 0 radical (unpaired) electrons. The lowest BCUT2D eigenvalue weighted by atomic mass is 10.4. The van der Waals surface area contributed by atoms with Crippen LogP contribution in [-0.4, -0.2) is 25.1 Å². The van der Waals surface area contributed by atoms with Crippen LogP contribution in [0.3, 0.4) is 0 Å². The molecule has 0 saturated carbocycles. The maximum Gasteiger partial charge on any atom is 0.240 e. The van der Waals surface area contributed by atoms with Gasteiger partial charge in [-0.15, -0.1) is 0 Å². The van der Waals surface area contributed by atoms with E-state index in [0.29, 0.717) is 18.1 Å². The molecule has 0 bridgehead atoms. The van der Waals surface area contributed by atoms with Crippen LogP contribution in [0.4, 0.5) is 4.39 Å². The molecular formula is C11H12FN3O3S. The summed E-state index contributed by atoms with van der Waals surface area (Å²) in [5.41, 5.74) is 0. The summed E-state index contributed by atoms with van der Waals surface area (Å²) in [5.74, 6) is 0.372. The fourth-order valence-electron chi connectivity index (χ4n) is 1.44. The predicted molar refractivity (Wildman–Crippen MR) is 64.3 cm³/mol. The molecule has 6 nitrogen and oxygen atoms in total. The van der Waals surface area contributed by atoms with Crippen LogP contribution in [0.2, 0.25) is 0 Å². The zero-order valence-electron chi connectivity index (χ0n) is 10.1. The Morgan fingerprint density at radius 2 is 2.00 bits per heavy atom. The van der Waals surface area contributed by atoms with Crippen molar-refractivity contribution in [2.24, 2.45) is 0 Å². The van der Waals surface area contributed by atoms with Crippen LogP contribution in [-0.2, 0) is 16.4 Å². The summed E-state index contributed by atoms with van der Waals surface area (Å²) in [5, 5.41) is 3.65. The van der Waals surface area contributed by atoms with Gasteiger partial charge in [-0.2, -0.15) is 4.98 Å². The lowest BCUT2D eigenvalue weighted by molar-refractivity contribution is 0.387. The molecule has 102 valence electrons. The van der Waals surface area contributed by atoms with Gasteiger partial charge in [0.2, 0.25) is 15.9 Å². The number of hydrogen-bond acceptors (Lipinski definition) is 5. The largest absolute Gasteiger partial charge is 0.340 e. The maximum atomic E-state index is 12.7. The molecule has 0 spiro atoms. The molecule has 1 N–H and O–H groups in total. The molecule has 8 heteroatoms. The number of benzene rings is 1. The second-order valence-corrected chi connectivity index (χ2v) is 5.60. The summed E-state index contributed by atoms with van der Waals surface area (Å²) in [7, 11) is -3.64. The molecule has 1 heterocycles. The number of rotatable bonds is 5. The Bertz CT molecular complexity index is 652. The zero-order valence-corrected chi connectivity index (χ0v) is 10.9. The van der Waals surface area contributed by atoms with Crippen molar-refractivity contribution in [2.75, 3.05) is 6.54 Å². The van der Waals surface area contributed by atoms with Gasteiger partial charge < -0.3 is 4.52 Å². The van der Waals surface area contributed by atoms with Gasteiger partial charge in [0.15, 0.2) is 5.82 Å². The first-order valence-corrected chi connectivity index (χ1v) is 7.00. The van der Waals surface area contributed by atoms with E-state index in [4.69, 9.17) is 4.52 Å². The van der Waals surface area contributed by atoms with Crippen molar-refractivity contribution in [3.8, 4) is 0 Å². The van der Waals surface area contributed by atoms with E-state index in [2.05, 4.69) is 14.9 Å². The highest BCUT2D eigenvalue weighted by Crippen LogP contribution is 2.09. The summed E-state index contributed by atoms with van der Waals surface area (Å²) >= 11 is 0. The molecule has 0 aliphatic rings. The fourth-order valence-corrected chi connectivity index (χ4v) is 2.47. The van der Waals surface area contributed by atoms with Gasteiger partial charge in [0.05, 0.1) is 4.90 Å². The lowest BCUT2D eigenvalue weighted by Gasteiger charge is -2.05. The van der Waals surface area contributed by atoms with Gasteiger partial charge in [-0.25, -0.2) is 17.5 Å². The highest BCUT2D eigenvalue weighted by Gasteiger charge is 2.13. The number of nitrogens with zero attached hydrogens (tertiary/aromatic N) is 2. The molecule has 0 aliphatic heterocycles. The Kier molecular flexibility index (Phi) is 3.91. The molecule has 19 heavy (non-hydrogen) atoms. The number of halogens is 1. The van der Waals surface area contributed by atoms with Crippen molar-refractivity contribution < 1.29 is 17.3 Å². The lowest BCUT2D eigenvalue weighted by Crippen LogP contribution is -2.26. The maximum absolute atomic E-state index is 12.7. The summed E-state index contributed by atoms with van der Waals surface area (Å²) in [6, 6.07) is 4.60. The topological polar surface area (TPSA) is 85.1 Å². The second kappa shape index (κ2) is 5.45. The average molecular weight is 285 g/mol. The summed E-state index contributed by atoms with van der Waals surface area (Å²) in [4.78, 5) is 3.96. The summed E-state index contributed by atoms with van der Waals surface area (Å²) < 4.78 is 43.5. The Hall–Kier alpha value is -1.80. The van der Waals surface area contributed by atoms with Crippen LogP contribution in [0.5, 0.6) is 0 Å². The van der Waals surface area contributed by atoms with Crippen molar-refractivity contribution in [3.63, 3.8) is 0 Å². The number of hydrogen-bond donors (Lipinski definition) is 1. The van der Waals surface area contributed by atoms with Crippen molar-refractivity contribution in [1.29, 1.82) is 0 Å². The number of nitrogens with one attached hydrogen (secondary N) is 1. The van der Waals surface area contributed by atoms with E-state index in [0.717, 1.165) is 12.1 Å². The van der Waals surface area contributed by atoms with Gasteiger partial charge in [0.1, 0.15) is 5.82 Å². The fraction of sp³-hybridized carbons (Fsp3) is 0.273. The highest BCUT2D eigenvalue weighted by atomic mass is 32.2. The standard InChI is InChI=1S/C11H12FN3O3S/c1-8-14-11(15-18-8)6-7-13-19(16,17)10-4-2-9(12)3-5-10/h2-5,13H,6-7H2,1H3. The Labute approximate surface area is 109 Å². The molecule has 0 unspecified atom stereocenters. The van der Waals surface area contributed by atoms with E-state index in [1.54, 1.807) is 6.92 Å². The SMILES string of the molecule is Cc1nc(CCNS(=O)(=O)c2ccc(F)cc2)no1. The predicted octanol–water partition coefficient (Wildman–Crippen LogP) is 1.04. The van der Waals surface area contributed by atoms with E-state index in [-0.39, 0.29) is 11.4 Å². The van der Waals surface area contributed by atoms with E-state index in [1.165, 1.54) is 12.1 Å². The molecule has 0 saturated heterocycles. The number of aryl methyl sites for hydroxylation is 1. The van der Waals surface area contributed by atoms with Crippen LogP contribution < -0.4 is 4.72 Å². The molecule has 1 aromatic heterocycles. The first kappa shape index (κ1) is 13.6. The molecular weight excluding hydrogens is 273 g/mol. The van der Waals surface area contributed by atoms with E-state index >= 15 is 0 Å². The Morgan fingerprint density at radius 3 is 2.58 bits per heavy atom. The molecule has 2 aromatic rings. The van der Waals surface area contributed by atoms with E-state index in [9.17, 15) is 12.8 Å². The van der Waals surface area contributed by atoms with Crippen LogP contribution in [0.1, 0.15) is 11.7 Å². The minimum Gasteiger partial charge on any atom is -0.340 e. The monoisotopic (exact) mass is 285 g/mol. The van der Waals surface area contributed by atoms with Crippen molar-refractivity contribution >= 4 is 10.0 Å². The van der Waals surface area contributed by atoms with Crippen molar-refractivity contribution in [2.45, 2.75) is 18.2 Å². The van der Waals surface area contributed by atoms with Gasteiger partial charge in [-0.05, 0) is 24.3 Å². The van der Waals surface area contributed by atoms with Crippen LogP contribution in [0, 0.1) is 12.7 Å². The third kappa shape index (κ3) is 3.58. The normalized spacial score (nSPS) is 11.7. The quantitative estimate of drug-likeness (QED) is 0.887. The van der Waals surface area contributed by atoms with Crippen LogP contribution in [0.25, 0.3) is 0 Å². The number of sulfonamides is 1.